The number of fused-ring (bicyclic) bond motifs is 5. The molecule has 2 radical (unpaired) electrons. The van der Waals surface area contributed by atoms with Crippen LogP contribution in [-0.2, 0) is 28.6 Å². The van der Waals surface area contributed by atoms with Gasteiger partial charge >= 0.3 is 18.0 Å². The third-order valence-electron chi connectivity index (χ3n) is 10.8. The van der Waals surface area contributed by atoms with Crippen molar-refractivity contribution in [2.24, 2.45) is 16.7 Å². The molecule has 2 saturated carbocycles. The molecular formula is C36H49Ac2NO13S. The molecule has 3 fully saturated rings. The molecule has 2 heterocycles. The topological polar surface area (TPSA) is 229 Å². The summed E-state index contributed by atoms with van der Waals surface area (Å²) in [5, 5.41) is 71.7. The third kappa shape index (κ3) is 8.51. The van der Waals surface area contributed by atoms with Gasteiger partial charge in [-0.15, -0.1) is 24.2 Å². The van der Waals surface area contributed by atoms with E-state index in [1.807, 2.05) is 0 Å². The van der Waals surface area contributed by atoms with E-state index in [9.17, 15) is 49.8 Å². The summed E-state index contributed by atoms with van der Waals surface area (Å²) in [5.41, 5.74) is -7.42. The van der Waals surface area contributed by atoms with E-state index in [4.69, 9.17) is 27.1 Å². The maximum Gasteiger partial charge on any atom is 0.405 e. The quantitative estimate of drug-likeness (QED) is 0.122. The first-order valence-corrected chi connectivity index (χ1v) is 16.8. The van der Waals surface area contributed by atoms with Crippen LogP contribution in [0.2, 0.25) is 0 Å². The first-order chi connectivity index (χ1) is 23.7. The first kappa shape index (κ1) is 47.8. The molecule has 14 nitrogen and oxygen atoms in total. The number of thiophene rings is 1. The van der Waals surface area contributed by atoms with Gasteiger partial charge in [0.1, 0.15) is 35.6 Å². The molecule has 1 amide bonds. The molecule has 288 valence electrons. The molecule has 7 N–H and O–H groups in total. The molecule has 1 aromatic rings. The second-order valence-corrected chi connectivity index (χ2v) is 14.8. The van der Waals surface area contributed by atoms with Gasteiger partial charge in [-0.25, -0.2) is 9.59 Å². The summed E-state index contributed by atoms with van der Waals surface area (Å²) in [7, 11) is 0. The molecule has 4 aliphatic rings. The van der Waals surface area contributed by atoms with Gasteiger partial charge in [-0.1, -0.05) is 19.9 Å². The van der Waals surface area contributed by atoms with Crippen LogP contribution in [0.25, 0.3) is 0 Å². The van der Waals surface area contributed by atoms with Crippen LogP contribution in [0.3, 0.4) is 0 Å². The SMILES string of the molecule is C#CC#CC#C.CC(=O)O[C@H]1[C@@H]2[C@]3(O)CO[C@@H]3C[C@H](O)[C@@]2(C)C(=O)[C@H](O)C2=C(C)[C@@H](OC(=O)[C@H](O)[C@@H](NC(=O)O)c3cccs3)C[C@]1(O)C2(C)C.[Ac].[Ac].[HH].[HH].[HH].[HH]. The zero-order valence-corrected chi connectivity index (χ0v) is 40.0. The Kier molecular flexibility index (Phi) is 16.5. The van der Waals surface area contributed by atoms with Gasteiger partial charge < -0.3 is 50.2 Å². The summed E-state index contributed by atoms with van der Waals surface area (Å²) in [6.07, 6.45) is -2.24. The normalized spacial score (nSPS) is 34.3. The van der Waals surface area contributed by atoms with Crippen molar-refractivity contribution >= 4 is 35.2 Å². The van der Waals surface area contributed by atoms with Gasteiger partial charge in [-0.05, 0) is 60.1 Å². The number of amides is 1. The number of carboxylic acid groups (broad SMARTS) is 1. The molecule has 1 aliphatic heterocycles. The summed E-state index contributed by atoms with van der Waals surface area (Å²) in [6.45, 7) is 6.67. The van der Waals surface area contributed by atoms with Crippen molar-refractivity contribution < 1.29 is 158 Å². The van der Waals surface area contributed by atoms with Crippen LogP contribution in [0, 0.1) is 141 Å². The summed E-state index contributed by atoms with van der Waals surface area (Å²) in [5.74, 6) is 4.12. The maximum absolute atomic E-state index is 14.3. The number of hydrogen-bond donors (Lipinski definition) is 7. The van der Waals surface area contributed by atoms with Gasteiger partial charge in [0.05, 0.1) is 24.2 Å². The van der Waals surface area contributed by atoms with Crippen molar-refractivity contribution in [1.29, 1.82) is 0 Å². The van der Waals surface area contributed by atoms with Crippen molar-refractivity contribution in [3.63, 3.8) is 0 Å². The van der Waals surface area contributed by atoms with E-state index >= 15 is 0 Å². The Labute approximate surface area is 388 Å². The standard InChI is InChI=1S/C30H39NO13S.C6H2.2Ac.4H2/c1-12-14(44-25(37)21(35)19(31-26(38)39)15-7-6-8-45-15)10-30(41)24(43-13(2)32)22-28(5,16(33)9-17-29(22,40)11-42-17)23(36)20(34)18(12)27(30,3)4;1-3-5-6-4-2;;;;;;/h6-8,14,16-17,19-22,24,31,33-35,40-41H,9-11H2,1-5H3,(H,38,39);1-2H;;;4*1H/t14-,16-,17+,19-,20+,21+,22-,24-,28+,29-,30+;;;;;;;/m0......./s1. The number of aliphatic hydroxyl groups excluding tert-OH is 3. The fraction of sp³-hybridized carbons (Fsp3) is 0.556. The number of nitrogens with one attached hydrogen (secondary N) is 1. The van der Waals surface area contributed by atoms with Crippen LogP contribution >= 0.6 is 11.3 Å². The van der Waals surface area contributed by atoms with E-state index in [-0.39, 0.29) is 118 Å². The molecule has 0 spiro atoms. The molecule has 1 saturated heterocycles. The zero-order valence-electron chi connectivity index (χ0n) is 29.7. The van der Waals surface area contributed by atoms with Crippen molar-refractivity contribution in [3.05, 3.63) is 33.5 Å². The molecule has 1 aromatic heterocycles. The van der Waals surface area contributed by atoms with Crippen LogP contribution in [-0.4, -0.2) is 109 Å². The minimum Gasteiger partial charge on any atom is -0.465 e. The number of esters is 2. The van der Waals surface area contributed by atoms with Gasteiger partial charge in [0.25, 0.3) is 0 Å². The van der Waals surface area contributed by atoms with Crippen molar-refractivity contribution in [2.75, 3.05) is 6.61 Å². The minimum absolute atomic E-state index is 0. The monoisotopic (exact) mass is 1190 g/mol. The Hall–Kier alpha value is -1.36. The first-order valence-electron chi connectivity index (χ1n) is 15.9. The van der Waals surface area contributed by atoms with Crippen molar-refractivity contribution in [3.8, 4) is 36.5 Å². The predicted octanol–water partition coefficient (Wildman–Crippen LogP) is 1.44. The molecule has 11 atom stereocenters. The maximum atomic E-state index is 14.3. The van der Waals surface area contributed by atoms with Crippen LogP contribution in [0.5, 0.6) is 0 Å². The smallest absolute Gasteiger partial charge is 0.405 e. The van der Waals surface area contributed by atoms with Crippen LogP contribution < -0.4 is 5.32 Å². The van der Waals surface area contributed by atoms with Crippen molar-refractivity contribution in [2.45, 2.75) is 101 Å². The molecule has 0 unspecified atom stereocenters. The fourth-order valence-corrected chi connectivity index (χ4v) is 8.93. The third-order valence-corrected chi connectivity index (χ3v) is 11.8. The Bertz CT molecular complexity index is 1760. The zero-order chi connectivity index (χ0) is 38.3. The van der Waals surface area contributed by atoms with Crippen LogP contribution in [0.1, 0.15) is 64.1 Å². The average Bonchev–Trinajstić information content (AvgIpc) is 3.59. The Morgan fingerprint density at radius 2 is 1.72 bits per heavy atom. The van der Waals surface area contributed by atoms with E-state index in [1.165, 1.54) is 33.8 Å². The Morgan fingerprint density at radius 3 is 2.19 bits per heavy atom. The second-order valence-electron chi connectivity index (χ2n) is 13.8. The number of ketones is 1. The van der Waals surface area contributed by atoms with E-state index in [2.05, 4.69) is 29.0 Å². The number of Topliss-reactive ketones (excluding diaryl/α,β-unsaturated/α-hetero) is 1. The number of carbonyl (C=O) groups is 4. The van der Waals surface area contributed by atoms with Gasteiger partial charge in [-0.2, -0.15) is 0 Å². The van der Waals surface area contributed by atoms with Gasteiger partial charge in [-0.3, -0.25) is 9.59 Å². The Balaban J connectivity index is -0.00000226. The van der Waals surface area contributed by atoms with Crippen LogP contribution in [0.4, 0.5) is 4.79 Å². The largest absolute Gasteiger partial charge is 0.465 e. The molecular weight excluding hydrogens is 1140 g/mol. The fourth-order valence-electron chi connectivity index (χ4n) is 8.12. The minimum atomic E-state index is -2.24. The van der Waals surface area contributed by atoms with E-state index < -0.39 is 101 Å². The number of ether oxygens (including phenoxy) is 3. The predicted molar refractivity (Wildman–Crippen MR) is 188 cm³/mol. The molecule has 2 bridgehead atoms. The molecule has 3 aliphatic carbocycles. The van der Waals surface area contributed by atoms with E-state index in [0.717, 1.165) is 18.3 Å². The van der Waals surface area contributed by atoms with E-state index in [1.54, 1.807) is 11.4 Å². The molecule has 0 aromatic carbocycles. The second kappa shape index (κ2) is 18.3. The van der Waals surface area contributed by atoms with Gasteiger partial charge in [0.15, 0.2) is 11.9 Å². The van der Waals surface area contributed by atoms with Gasteiger partial charge in [0.2, 0.25) is 0 Å². The summed E-state index contributed by atoms with van der Waals surface area (Å²) in [6, 6.07) is 1.72. The summed E-state index contributed by atoms with van der Waals surface area (Å²) >= 11 is 1.09. The van der Waals surface area contributed by atoms with Crippen molar-refractivity contribution in [1.82, 2.24) is 5.32 Å². The number of terminal acetylenes is 2. The molecule has 17 heteroatoms. The number of hydrogen-bond acceptors (Lipinski definition) is 13. The number of rotatable bonds is 6. The number of carbonyl (C=O) groups excluding carboxylic acids is 3. The summed E-state index contributed by atoms with van der Waals surface area (Å²) < 4.78 is 17.0. The summed E-state index contributed by atoms with van der Waals surface area (Å²) in [4.78, 5) is 52.1. The molecule has 5 rings (SSSR count). The van der Waals surface area contributed by atoms with E-state index in [0.29, 0.717) is 4.88 Å². The number of aliphatic hydroxyl groups is 5. The molecule has 53 heavy (non-hydrogen) atoms. The van der Waals surface area contributed by atoms with Crippen LogP contribution in [0.15, 0.2) is 28.7 Å². The average molecular weight is 1190 g/mol. The van der Waals surface area contributed by atoms with Gasteiger partial charge in [0, 0.05) is 130 Å². The Morgan fingerprint density at radius 1 is 1.11 bits per heavy atom.